The molecule has 3 rings (SSSR count). The highest BCUT2D eigenvalue weighted by atomic mass is 16.6. The number of carbonyl (C=O) groups excluding carboxylic acids is 1. The number of hydrogen-bond donors (Lipinski definition) is 2. The predicted octanol–water partition coefficient (Wildman–Crippen LogP) is 1.25. The highest BCUT2D eigenvalue weighted by Gasteiger charge is 2.49. The van der Waals surface area contributed by atoms with E-state index in [0.717, 1.165) is 43.5 Å². The lowest BCUT2D eigenvalue weighted by atomic mass is 9.80. The molecule has 1 fully saturated rings. The van der Waals surface area contributed by atoms with Crippen LogP contribution in [0, 0.1) is 0 Å². The van der Waals surface area contributed by atoms with Gasteiger partial charge in [-0.2, -0.15) is 0 Å². The number of benzene rings is 1. The van der Waals surface area contributed by atoms with Crippen LogP contribution in [-0.4, -0.2) is 48.7 Å². The standard InChI is InChI=1S/C17H24N2O3/c1-3-8-19-9-10-22-17(21)14-11-13(16(20)18-2)5-4-12(14)6-7-15(17)19/h4-5,11,15,21H,3,6-10H2,1-2H3,(H,18,20). The van der Waals surface area contributed by atoms with E-state index < -0.39 is 5.79 Å². The van der Waals surface area contributed by atoms with Crippen LogP contribution >= 0.6 is 0 Å². The SMILES string of the molecule is CCCN1CCOC2(O)c3cc(C(=O)NC)ccc3CCC12. The molecule has 5 heteroatoms. The molecular formula is C17H24N2O3. The third-order valence-electron chi connectivity index (χ3n) is 4.78. The van der Waals surface area contributed by atoms with Gasteiger partial charge in [0.1, 0.15) is 0 Å². The van der Waals surface area contributed by atoms with Crippen molar-refractivity contribution in [2.45, 2.75) is 38.0 Å². The molecule has 1 aliphatic heterocycles. The maximum atomic E-state index is 11.9. The normalized spacial score (nSPS) is 27.9. The highest BCUT2D eigenvalue weighted by Crippen LogP contribution is 2.41. The van der Waals surface area contributed by atoms with E-state index >= 15 is 0 Å². The summed E-state index contributed by atoms with van der Waals surface area (Å²) in [6.07, 6.45) is 2.83. The van der Waals surface area contributed by atoms with Gasteiger partial charge in [-0.05, 0) is 43.5 Å². The summed E-state index contributed by atoms with van der Waals surface area (Å²) < 4.78 is 5.82. The van der Waals surface area contributed by atoms with Crippen LogP contribution in [0.3, 0.4) is 0 Å². The van der Waals surface area contributed by atoms with Gasteiger partial charge in [-0.15, -0.1) is 0 Å². The summed E-state index contributed by atoms with van der Waals surface area (Å²) in [6, 6.07) is 5.51. The Hall–Kier alpha value is -1.43. The van der Waals surface area contributed by atoms with Crippen LogP contribution in [0.4, 0.5) is 0 Å². The van der Waals surface area contributed by atoms with E-state index in [-0.39, 0.29) is 11.9 Å². The minimum Gasteiger partial charge on any atom is -0.361 e. The first kappa shape index (κ1) is 15.5. The molecule has 0 bridgehead atoms. The van der Waals surface area contributed by atoms with Crippen LogP contribution in [0.2, 0.25) is 0 Å². The maximum Gasteiger partial charge on any atom is 0.251 e. The van der Waals surface area contributed by atoms with Crippen molar-refractivity contribution < 1.29 is 14.6 Å². The predicted molar refractivity (Wildman–Crippen MR) is 83.7 cm³/mol. The summed E-state index contributed by atoms with van der Waals surface area (Å²) in [5.41, 5.74) is 2.39. The first-order valence-corrected chi connectivity index (χ1v) is 8.06. The molecule has 0 aromatic heterocycles. The Bertz CT molecular complexity index is 573. The van der Waals surface area contributed by atoms with E-state index in [0.29, 0.717) is 12.2 Å². The number of amides is 1. The fourth-order valence-corrected chi connectivity index (χ4v) is 3.71. The van der Waals surface area contributed by atoms with E-state index in [1.54, 1.807) is 13.1 Å². The Labute approximate surface area is 131 Å². The van der Waals surface area contributed by atoms with Crippen LogP contribution in [0.5, 0.6) is 0 Å². The Morgan fingerprint density at radius 1 is 1.55 bits per heavy atom. The van der Waals surface area contributed by atoms with Crippen LogP contribution in [0.25, 0.3) is 0 Å². The smallest absolute Gasteiger partial charge is 0.251 e. The monoisotopic (exact) mass is 304 g/mol. The average Bonchev–Trinajstić information content (AvgIpc) is 2.54. The zero-order chi connectivity index (χ0) is 15.7. The number of hydrogen-bond acceptors (Lipinski definition) is 4. The molecule has 1 heterocycles. The van der Waals surface area contributed by atoms with Gasteiger partial charge in [0.05, 0.1) is 12.6 Å². The highest BCUT2D eigenvalue weighted by molar-refractivity contribution is 5.94. The summed E-state index contributed by atoms with van der Waals surface area (Å²) in [5, 5.41) is 13.9. The fraction of sp³-hybridized carbons (Fsp3) is 0.588. The van der Waals surface area contributed by atoms with Gasteiger partial charge in [0.2, 0.25) is 5.79 Å². The summed E-state index contributed by atoms with van der Waals surface area (Å²) in [4.78, 5) is 14.2. The molecule has 1 aromatic carbocycles. The molecule has 0 saturated carbocycles. The quantitative estimate of drug-likeness (QED) is 0.882. The van der Waals surface area contributed by atoms with E-state index in [4.69, 9.17) is 4.74 Å². The molecule has 2 aliphatic rings. The number of aryl methyl sites for hydroxylation is 1. The minimum absolute atomic E-state index is 0.0337. The number of ether oxygens (including phenoxy) is 1. The number of morpholine rings is 1. The van der Waals surface area contributed by atoms with Crippen LogP contribution in [0.15, 0.2) is 18.2 Å². The van der Waals surface area contributed by atoms with Gasteiger partial charge in [-0.3, -0.25) is 9.69 Å². The van der Waals surface area contributed by atoms with Gasteiger partial charge < -0.3 is 15.2 Å². The second kappa shape index (κ2) is 5.99. The molecule has 5 nitrogen and oxygen atoms in total. The number of nitrogens with one attached hydrogen (secondary N) is 1. The molecule has 1 amide bonds. The van der Waals surface area contributed by atoms with Crippen molar-refractivity contribution in [1.29, 1.82) is 0 Å². The van der Waals surface area contributed by atoms with E-state index in [9.17, 15) is 9.90 Å². The van der Waals surface area contributed by atoms with Crippen LogP contribution in [-0.2, 0) is 16.9 Å². The van der Waals surface area contributed by atoms with Crippen molar-refractivity contribution in [2.24, 2.45) is 0 Å². The molecule has 2 atom stereocenters. The topological polar surface area (TPSA) is 61.8 Å². The van der Waals surface area contributed by atoms with Crippen molar-refractivity contribution in [3.8, 4) is 0 Å². The minimum atomic E-state index is -1.30. The molecular weight excluding hydrogens is 280 g/mol. The second-order valence-corrected chi connectivity index (χ2v) is 6.09. The molecule has 0 radical (unpaired) electrons. The second-order valence-electron chi connectivity index (χ2n) is 6.09. The molecule has 1 saturated heterocycles. The van der Waals surface area contributed by atoms with Crippen molar-refractivity contribution in [3.63, 3.8) is 0 Å². The van der Waals surface area contributed by atoms with Crippen LogP contribution in [0.1, 0.15) is 41.3 Å². The van der Waals surface area contributed by atoms with Crippen LogP contribution < -0.4 is 5.32 Å². The fourth-order valence-electron chi connectivity index (χ4n) is 3.71. The largest absolute Gasteiger partial charge is 0.361 e. The molecule has 2 N–H and O–H groups in total. The van der Waals surface area contributed by atoms with Crippen molar-refractivity contribution >= 4 is 5.91 Å². The Balaban J connectivity index is 2.01. The van der Waals surface area contributed by atoms with Gasteiger partial charge in [0.15, 0.2) is 0 Å². The van der Waals surface area contributed by atoms with Gasteiger partial charge in [-0.1, -0.05) is 13.0 Å². The summed E-state index contributed by atoms with van der Waals surface area (Å²) in [5.74, 6) is -1.44. The zero-order valence-corrected chi connectivity index (χ0v) is 13.3. The average molecular weight is 304 g/mol. The van der Waals surface area contributed by atoms with Gasteiger partial charge in [0, 0.05) is 24.7 Å². The molecule has 0 spiro atoms. The lowest BCUT2D eigenvalue weighted by Crippen LogP contribution is -2.60. The third kappa shape index (κ3) is 2.43. The molecule has 2 unspecified atom stereocenters. The van der Waals surface area contributed by atoms with Gasteiger partial charge >= 0.3 is 0 Å². The van der Waals surface area contributed by atoms with Crippen molar-refractivity contribution in [1.82, 2.24) is 10.2 Å². The van der Waals surface area contributed by atoms with Crippen molar-refractivity contribution in [3.05, 3.63) is 34.9 Å². The van der Waals surface area contributed by atoms with Crippen molar-refractivity contribution in [2.75, 3.05) is 26.7 Å². The number of carbonyl (C=O) groups is 1. The van der Waals surface area contributed by atoms with E-state index in [1.165, 1.54) is 0 Å². The van der Waals surface area contributed by atoms with Gasteiger partial charge in [-0.25, -0.2) is 0 Å². The van der Waals surface area contributed by atoms with E-state index in [1.807, 2.05) is 12.1 Å². The van der Waals surface area contributed by atoms with Gasteiger partial charge in [0.25, 0.3) is 5.91 Å². The van der Waals surface area contributed by atoms with E-state index in [2.05, 4.69) is 17.1 Å². The summed E-state index contributed by atoms with van der Waals surface area (Å²) in [7, 11) is 1.61. The summed E-state index contributed by atoms with van der Waals surface area (Å²) in [6.45, 7) is 4.47. The summed E-state index contributed by atoms with van der Waals surface area (Å²) >= 11 is 0. The lowest BCUT2D eigenvalue weighted by Gasteiger charge is -2.49. The number of nitrogens with zero attached hydrogens (tertiary/aromatic N) is 1. The third-order valence-corrected chi connectivity index (χ3v) is 4.78. The maximum absolute atomic E-state index is 11.9. The Morgan fingerprint density at radius 2 is 2.36 bits per heavy atom. The zero-order valence-electron chi connectivity index (χ0n) is 13.3. The number of fused-ring (bicyclic) bond motifs is 3. The number of aliphatic hydroxyl groups is 1. The Kier molecular flexibility index (Phi) is 4.21. The number of rotatable bonds is 3. The molecule has 120 valence electrons. The first-order valence-electron chi connectivity index (χ1n) is 8.06. The molecule has 1 aromatic rings. The molecule has 22 heavy (non-hydrogen) atoms. The molecule has 1 aliphatic carbocycles. The lowest BCUT2D eigenvalue weighted by molar-refractivity contribution is -0.283. The Morgan fingerprint density at radius 3 is 3.09 bits per heavy atom. The first-order chi connectivity index (χ1) is 10.6.